The number of benzene rings is 1. The Labute approximate surface area is 166 Å². The third-order valence-electron chi connectivity index (χ3n) is 4.73. The van der Waals surface area contributed by atoms with Crippen molar-refractivity contribution in [2.45, 2.75) is 51.5 Å². The Morgan fingerprint density at radius 3 is 2.61 bits per heavy atom. The Morgan fingerprint density at radius 2 is 1.96 bits per heavy atom. The van der Waals surface area contributed by atoms with E-state index in [2.05, 4.69) is 24.9 Å². The zero-order chi connectivity index (χ0) is 20.3. The van der Waals surface area contributed by atoms with E-state index in [1.165, 1.54) is 5.56 Å². The smallest absolute Gasteiger partial charge is 0.411 e. The van der Waals surface area contributed by atoms with Gasteiger partial charge in [-0.15, -0.1) is 0 Å². The van der Waals surface area contributed by atoms with Gasteiger partial charge < -0.3 is 20.9 Å². The van der Waals surface area contributed by atoms with Crippen LogP contribution < -0.4 is 20.9 Å². The highest BCUT2D eigenvalue weighted by Crippen LogP contribution is 2.45. The molecule has 1 atom stereocenters. The van der Waals surface area contributed by atoms with Gasteiger partial charge in [-0.2, -0.15) is 0 Å². The number of rotatable bonds is 8. The minimum atomic E-state index is -0.877. The first kappa shape index (κ1) is 20.1. The van der Waals surface area contributed by atoms with Crippen molar-refractivity contribution < 1.29 is 14.3 Å². The first-order chi connectivity index (χ1) is 13.2. The molecular weight excluding hydrogens is 354 g/mol. The molecule has 0 radical (unpaired) electrons. The number of nitrogens with zero attached hydrogens (tertiary/aromatic N) is 1. The number of ether oxygens (including phenoxy) is 2. The Hall–Kier alpha value is -2.60. The van der Waals surface area contributed by atoms with Crippen molar-refractivity contribution in [1.82, 2.24) is 4.98 Å². The van der Waals surface area contributed by atoms with Gasteiger partial charge >= 0.3 is 6.09 Å². The molecule has 1 fully saturated rings. The van der Waals surface area contributed by atoms with E-state index in [1.807, 2.05) is 25.1 Å². The number of hydrogen-bond acceptors (Lipinski definition) is 5. The molecule has 0 saturated heterocycles. The lowest BCUT2D eigenvalue weighted by atomic mass is 9.92. The van der Waals surface area contributed by atoms with Crippen molar-refractivity contribution in [2.75, 3.05) is 6.61 Å². The molecule has 6 nitrogen and oxygen atoms in total. The van der Waals surface area contributed by atoms with Gasteiger partial charge in [-0.25, -0.2) is 9.78 Å². The molecule has 1 saturated carbocycles. The van der Waals surface area contributed by atoms with Crippen LogP contribution in [0.1, 0.15) is 51.5 Å². The van der Waals surface area contributed by atoms with Crippen LogP contribution in [0.2, 0.25) is 0 Å². The van der Waals surface area contributed by atoms with Crippen molar-refractivity contribution >= 4 is 6.09 Å². The summed E-state index contributed by atoms with van der Waals surface area (Å²) in [4.78, 5) is 15.0. The zero-order valence-corrected chi connectivity index (χ0v) is 16.8. The van der Waals surface area contributed by atoms with Gasteiger partial charge in [0.2, 0.25) is 5.88 Å². The standard InChI is InChI=1S/C22H29N3O3/c1-14(2)12-22(3,24)13-27-19-7-6-16(10-18(19)15-4-5-15)17-8-9-25-20(11-17)28-21(23)26/h6-11,14-15H,4-5,12-13,24H2,1-3H3,(H2,23,26). The van der Waals surface area contributed by atoms with Crippen LogP contribution in [0.15, 0.2) is 36.5 Å². The van der Waals surface area contributed by atoms with E-state index < -0.39 is 6.09 Å². The van der Waals surface area contributed by atoms with Gasteiger partial charge in [-0.1, -0.05) is 19.9 Å². The fourth-order valence-electron chi connectivity index (χ4n) is 3.55. The molecule has 0 aliphatic heterocycles. The highest BCUT2D eigenvalue weighted by atomic mass is 16.6. The Bertz CT molecular complexity index is 845. The molecule has 4 N–H and O–H groups in total. The number of hydrogen-bond donors (Lipinski definition) is 2. The van der Waals surface area contributed by atoms with Gasteiger partial charge in [0.15, 0.2) is 0 Å². The number of primary amides is 1. The molecule has 1 aliphatic carbocycles. The highest BCUT2D eigenvalue weighted by Gasteiger charge is 2.28. The normalized spacial score (nSPS) is 15.9. The number of nitrogens with two attached hydrogens (primary N) is 2. The maximum atomic E-state index is 11.0. The van der Waals surface area contributed by atoms with Crippen LogP contribution in [0.3, 0.4) is 0 Å². The summed E-state index contributed by atoms with van der Waals surface area (Å²) in [6.07, 6.45) is 3.96. The molecule has 1 amide bonds. The largest absolute Gasteiger partial charge is 0.491 e. The molecule has 6 heteroatoms. The predicted octanol–water partition coefficient (Wildman–Crippen LogP) is 4.23. The lowest BCUT2D eigenvalue weighted by Gasteiger charge is -2.27. The van der Waals surface area contributed by atoms with Crippen molar-refractivity contribution in [3.05, 3.63) is 42.1 Å². The summed E-state index contributed by atoms with van der Waals surface area (Å²) >= 11 is 0. The van der Waals surface area contributed by atoms with Crippen molar-refractivity contribution in [1.29, 1.82) is 0 Å². The average molecular weight is 383 g/mol. The molecule has 1 heterocycles. The molecule has 0 spiro atoms. The van der Waals surface area contributed by atoms with E-state index >= 15 is 0 Å². The van der Waals surface area contributed by atoms with E-state index in [4.69, 9.17) is 20.9 Å². The number of carbonyl (C=O) groups is 1. The molecule has 0 bridgehead atoms. The molecule has 2 aromatic rings. The Kier molecular flexibility index (Phi) is 5.89. The maximum Gasteiger partial charge on any atom is 0.411 e. The van der Waals surface area contributed by atoms with E-state index in [1.54, 1.807) is 12.3 Å². The van der Waals surface area contributed by atoms with Crippen LogP contribution in [0, 0.1) is 5.92 Å². The van der Waals surface area contributed by atoms with Crippen LogP contribution in [0.4, 0.5) is 4.79 Å². The number of carbonyl (C=O) groups excluding carboxylic acids is 1. The average Bonchev–Trinajstić information content (AvgIpc) is 3.43. The molecule has 28 heavy (non-hydrogen) atoms. The minimum Gasteiger partial charge on any atom is -0.491 e. The van der Waals surface area contributed by atoms with Gasteiger partial charge in [0.05, 0.1) is 0 Å². The van der Waals surface area contributed by atoms with Crippen molar-refractivity contribution in [3.8, 4) is 22.8 Å². The van der Waals surface area contributed by atoms with E-state index in [0.717, 1.165) is 36.1 Å². The van der Waals surface area contributed by atoms with Crippen LogP contribution in [-0.2, 0) is 0 Å². The molecule has 150 valence electrons. The van der Waals surface area contributed by atoms with E-state index in [0.29, 0.717) is 18.4 Å². The second-order valence-electron chi connectivity index (χ2n) is 8.37. The third-order valence-corrected chi connectivity index (χ3v) is 4.73. The fourth-order valence-corrected chi connectivity index (χ4v) is 3.55. The second-order valence-corrected chi connectivity index (χ2v) is 8.37. The van der Waals surface area contributed by atoms with Gasteiger partial charge in [0, 0.05) is 17.8 Å². The van der Waals surface area contributed by atoms with E-state index in [-0.39, 0.29) is 11.4 Å². The topological polar surface area (TPSA) is 100 Å². The summed E-state index contributed by atoms with van der Waals surface area (Å²) < 4.78 is 11.0. The fraction of sp³-hybridized carbons (Fsp3) is 0.455. The molecule has 1 unspecified atom stereocenters. The first-order valence-electron chi connectivity index (χ1n) is 9.73. The van der Waals surface area contributed by atoms with E-state index in [9.17, 15) is 4.79 Å². The Morgan fingerprint density at radius 1 is 1.25 bits per heavy atom. The summed E-state index contributed by atoms with van der Waals surface area (Å²) in [6.45, 7) is 6.85. The van der Waals surface area contributed by atoms with Crippen LogP contribution in [0.5, 0.6) is 11.6 Å². The molecule has 1 aliphatic rings. The van der Waals surface area contributed by atoms with Crippen molar-refractivity contribution in [2.24, 2.45) is 17.4 Å². The quantitative estimate of drug-likeness (QED) is 0.710. The lowest BCUT2D eigenvalue weighted by molar-refractivity contribution is 0.205. The van der Waals surface area contributed by atoms with Gasteiger partial charge in [0.1, 0.15) is 12.4 Å². The summed E-state index contributed by atoms with van der Waals surface area (Å²) in [5.74, 6) is 2.12. The number of amides is 1. The molecule has 1 aromatic heterocycles. The molecule has 1 aromatic carbocycles. The van der Waals surface area contributed by atoms with Gasteiger partial charge in [-0.05, 0) is 72.9 Å². The zero-order valence-electron chi connectivity index (χ0n) is 16.8. The van der Waals surface area contributed by atoms with Gasteiger partial charge in [0.25, 0.3) is 0 Å². The summed E-state index contributed by atoms with van der Waals surface area (Å²) in [5, 5.41) is 0. The highest BCUT2D eigenvalue weighted by molar-refractivity contribution is 5.70. The number of pyridine rings is 1. The van der Waals surface area contributed by atoms with Crippen molar-refractivity contribution in [3.63, 3.8) is 0 Å². The SMILES string of the molecule is CC(C)CC(C)(N)COc1ccc(-c2ccnc(OC(N)=O)c2)cc1C1CC1. The summed E-state index contributed by atoms with van der Waals surface area (Å²) in [6, 6.07) is 9.73. The summed E-state index contributed by atoms with van der Waals surface area (Å²) in [5.41, 5.74) is 14.2. The Balaban J connectivity index is 1.81. The van der Waals surface area contributed by atoms with Gasteiger partial charge in [-0.3, -0.25) is 0 Å². The van der Waals surface area contributed by atoms with Crippen LogP contribution >= 0.6 is 0 Å². The number of aromatic nitrogens is 1. The molecular formula is C22H29N3O3. The first-order valence-corrected chi connectivity index (χ1v) is 9.73. The maximum absolute atomic E-state index is 11.0. The second kappa shape index (κ2) is 8.19. The van der Waals surface area contributed by atoms with Crippen LogP contribution in [-0.4, -0.2) is 23.2 Å². The predicted molar refractivity (Wildman–Crippen MR) is 109 cm³/mol. The minimum absolute atomic E-state index is 0.186. The monoisotopic (exact) mass is 383 g/mol. The summed E-state index contributed by atoms with van der Waals surface area (Å²) in [7, 11) is 0. The molecule has 3 rings (SSSR count). The lowest BCUT2D eigenvalue weighted by Crippen LogP contribution is -2.43. The van der Waals surface area contributed by atoms with Crippen LogP contribution in [0.25, 0.3) is 11.1 Å². The third kappa shape index (κ3) is 5.45.